The Bertz CT molecular complexity index is 1320. The molecule has 0 saturated carbocycles. The van der Waals surface area contributed by atoms with Gasteiger partial charge < -0.3 is 14.6 Å². The summed E-state index contributed by atoms with van der Waals surface area (Å²) in [6, 6.07) is 15.0. The number of rotatable bonds is 7. The van der Waals surface area contributed by atoms with Crippen LogP contribution in [-0.4, -0.2) is 50.9 Å². The van der Waals surface area contributed by atoms with Crippen molar-refractivity contribution in [2.24, 2.45) is 0 Å². The summed E-state index contributed by atoms with van der Waals surface area (Å²) in [6.45, 7) is 4.48. The zero-order valence-corrected chi connectivity index (χ0v) is 18.7. The number of hydrogen-bond donors (Lipinski definition) is 1. The first-order valence-corrected chi connectivity index (χ1v) is 11.7. The molecule has 1 aliphatic heterocycles. The second-order valence-electron chi connectivity index (χ2n) is 8.71. The molecule has 0 radical (unpaired) electrons. The quantitative estimate of drug-likeness (QED) is 0.445. The summed E-state index contributed by atoms with van der Waals surface area (Å²) in [5.74, 6) is -0.0564. The second-order valence-corrected chi connectivity index (χ2v) is 8.71. The Balaban J connectivity index is 1.25. The number of aromatic nitrogens is 3. The molecule has 0 aliphatic carbocycles. The van der Waals surface area contributed by atoms with E-state index in [1.54, 1.807) is 10.8 Å². The molecule has 7 nitrogen and oxygen atoms in total. The van der Waals surface area contributed by atoms with Gasteiger partial charge in [0.1, 0.15) is 5.52 Å². The smallest absolute Gasteiger partial charge is 0.276 e. The van der Waals surface area contributed by atoms with Crippen molar-refractivity contribution in [3.05, 3.63) is 82.4 Å². The molecule has 0 unspecified atom stereocenters. The highest BCUT2D eigenvalue weighted by Gasteiger charge is 2.13. The van der Waals surface area contributed by atoms with Crippen LogP contribution in [0.25, 0.3) is 16.7 Å². The average molecular weight is 444 g/mol. The third-order valence-corrected chi connectivity index (χ3v) is 6.44. The van der Waals surface area contributed by atoms with Crippen molar-refractivity contribution in [3.8, 4) is 0 Å². The van der Waals surface area contributed by atoms with Gasteiger partial charge in [-0.2, -0.15) is 0 Å². The first-order chi connectivity index (χ1) is 16.2. The van der Waals surface area contributed by atoms with Crippen LogP contribution in [-0.2, 0) is 6.54 Å². The van der Waals surface area contributed by atoms with Gasteiger partial charge in [0.05, 0.1) is 12.1 Å². The minimum atomic E-state index is -0.0817. The van der Waals surface area contributed by atoms with Crippen molar-refractivity contribution in [1.29, 1.82) is 0 Å². The molecule has 33 heavy (non-hydrogen) atoms. The van der Waals surface area contributed by atoms with Gasteiger partial charge in [-0.15, -0.1) is 0 Å². The maximum Gasteiger partial charge on any atom is 0.276 e. The van der Waals surface area contributed by atoms with Crippen LogP contribution >= 0.6 is 0 Å². The Kier molecular flexibility index (Phi) is 6.21. The summed E-state index contributed by atoms with van der Waals surface area (Å²) >= 11 is 0. The lowest BCUT2D eigenvalue weighted by Gasteiger charge is -2.26. The van der Waals surface area contributed by atoms with Crippen LogP contribution < -0.4 is 10.9 Å². The lowest BCUT2D eigenvalue weighted by Crippen LogP contribution is -2.33. The number of nitrogens with zero attached hydrogens (tertiary/aromatic N) is 4. The normalized spacial score (nSPS) is 14.7. The van der Waals surface area contributed by atoms with Gasteiger partial charge in [0, 0.05) is 24.5 Å². The standard InChI is InChI=1S/C26H29N5O2/c32-25(28-14-6-17-29-15-2-1-3-16-29)21-11-9-20(10-12-21)19-31-24-22(7-4-13-27-24)30-18-5-8-23(30)26(31)33/h4-5,7-13,18H,1-3,6,14-17,19H2,(H,28,32). The van der Waals surface area contributed by atoms with E-state index < -0.39 is 0 Å². The van der Waals surface area contributed by atoms with Gasteiger partial charge in [-0.3, -0.25) is 14.2 Å². The van der Waals surface area contributed by atoms with Crippen molar-refractivity contribution < 1.29 is 4.79 Å². The number of likely N-dealkylation sites (tertiary alicyclic amines) is 1. The van der Waals surface area contributed by atoms with Gasteiger partial charge in [-0.05, 0) is 80.9 Å². The van der Waals surface area contributed by atoms with E-state index in [9.17, 15) is 9.59 Å². The van der Waals surface area contributed by atoms with Gasteiger partial charge in [-0.25, -0.2) is 4.98 Å². The number of piperidine rings is 1. The van der Waals surface area contributed by atoms with Crippen LogP contribution in [0.15, 0.2) is 65.7 Å². The Morgan fingerprint density at radius 2 is 1.76 bits per heavy atom. The maximum atomic E-state index is 13.1. The summed E-state index contributed by atoms with van der Waals surface area (Å²) < 4.78 is 3.57. The molecule has 5 rings (SSSR count). The lowest BCUT2D eigenvalue weighted by molar-refractivity contribution is 0.0951. The van der Waals surface area contributed by atoms with Crippen molar-refractivity contribution >= 4 is 22.6 Å². The molecule has 7 heteroatoms. The number of hydrogen-bond acceptors (Lipinski definition) is 4. The van der Waals surface area contributed by atoms with Crippen LogP contribution in [0.4, 0.5) is 0 Å². The Hall–Kier alpha value is -3.45. The molecule has 170 valence electrons. The van der Waals surface area contributed by atoms with E-state index in [4.69, 9.17) is 0 Å². The monoisotopic (exact) mass is 443 g/mol. The number of benzene rings is 1. The van der Waals surface area contributed by atoms with E-state index in [0.717, 1.165) is 24.0 Å². The SMILES string of the molecule is O=C(NCCCN1CCCCC1)c1ccc(Cn2c(=O)c3cccn3c3cccnc32)cc1. The van der Waals surface area contributed by atoms with E-state index in [2.05, 4.69) is 15.2 Å². The zero-order chi connectivity index (χ0) is 22.6. The van der Waals surface area contributed by atoms with Crippen LogP contribution in [0.5, 0.6) is 0 Å². The Morgan fingerprint density at radius 1 is 0.970 bits per heavy atom. The topological polar surface area (TPSA) is 71.6 Å². The molecular weight excluding hydrogens is 414 g/mol. The summed E-state index contributed by atoms with van der Waals surface area (Å²) in [7, 11) is 0. The maximum absolute atomic E-state index is 13.1. The first-order valence-electron chi connectivity index (χ1n) is 11.7. The largest absolute Gasteiger partial charge is 0.352 e. The van der Waals surface area contributed by atoms with Gasteiger partial charge in [0.2, 0.25) is 0 Å². The summed E-state index contributed by atoms with van der Waals surface area (Å²) in [5, 5.41) is 3.02. The molecule has 1 aromatic carbocycles. The first kappa shape index (κ1) is 21.4. The van der Waals surface area contributed by atoms with Gasteiger partial charge in [0.25, 0.3) is 11.5 Å². The zero-order valence-electron chi connectivity index (χ0n) is 18.7. The van der Waals surface area contributed by atoms with Crippen molar-refractivity contribution in [2.75, 3.05) is 26.2 Å². The third-order valence-electron chi connectivity index (χ3n) is 6.44. The molecule has 3 aromatic heterocycles. The van der Waals surface area contributed by atoms with Crippen molar-refractivity contribution in [1.82, 2.24) is 24.2 Å². The highest BCUT2D eigenvalue weighted by Crippen LogP contribution is 2.15. The molecule has 1 N–H and O–H groups in total. The molecule has 0 bridgehead atoms. The van der Waals surface area contributed by atoms with Gasteiger partial charge in [0.15, 0.2) is 5.65 Å². The van der Waals surface area contributed by atoms with Gasteiger partial charge in [-0.1, -0.05) is 18.6 Å². The van der Waals surface area contributed by atoms with E-state index >= 15 is 0 Å². The van der Waals surface area contributed by atoms with Crippen LogP contribution in [0.1, 0.15) is 41.6 Å². The molecule has 0 spiro atoms. The fourth-order valence-corrected chi connectivity index (χ4v) is 4.66. The number of fused-ring (bicyclic) bond motifs is 3. The number of pyridine rings is 1. The van der Waals surface area contributed by atoms with Crippen LogP contribution in [0.2, 0.25) is 0 Å². The Morgan fingerprint density at radius 3 is 2.58 bits per heavy atom. The van der Waals surface area contributed by atoms with Crippen LogP contribution in [0, 0.1) is 0 Å². The number of amides is 1. The number of carbonyl (C=O) groups is 1. The predicted octanol–water partition coefficient (Wildman–Crippen LogP) is 3.30. The number of nitrogens with one attached hydrogen (secondary N) is 1. The Labute approximate surface area is 192 Å². The van der Waals surface area contributed by atoms with Crippen LogP contribution in [0.3, 0.4) is 0 Å². The predicted molar refractivity (Wildman–Crippen MR) is 130 cm³/mol. The highest BCUT2D eigenvalue weighted by molar-refractivity contribution is 5.94. The molecule has 1 amide bonds. The molecule has 1 aliphatic rings. The van der Waals surface area contributed by atoms with Gasteiger partial charge >= 0.3 is 0 Å². The molecule has 4 heterocycles. The second kappa shape index (κ2) is 9.58. The summed E-state index contributed by atoms with van der Waals surface area (Å²) in [6.07, 6.45) is 8.46. The summed E-state index contributed by atoms with van der Waals surface area (Å²) in [4.78, 5) is 32.5. The minimum Gasteiger partial charge on any atom is -0.352 e. The average Bonchev–Trinajstić information content (AvgIpc) is 3.36. The molecule has 1 fully saturated rings. The highest BCUT2D eigenvalue weighted by atomic mass is 16.1. The molecule has 1 saturated heterocycles. The van der Waals surface area contributed by atoms with E-state index in [0.29, 0.717) is 29.8 Å². The minimum absolute atomic E-state index is 0.0564. The third kappa shape index (κ3) is 4.54. The molecular formula is C26H29N5O2. The van der Waals surface area contributed by atoms with Crippen molar-refractivity contribution in [3.63, 3.8) is 0 Å². The number of carbonyl (C=O) groups excluding carboxylic acids is 1. The van der Waals surface area contributed by atoms with E-state index in [1.807, 2.05) is 59.1 Å². The fraction of sp³-hybridized carbons (Fsp3) is 0.346. The van der Waals surface area contributed by atoms with E-state index in [-0.39, 0.29) is 11.5 Å². The summed E-state index contributed by atoms with van der Waals surface area (Å²) in [5.41, 5.74) is 3.65. The lowest BCUT2D eigenvalue weighted by atomic mass is 10.1. The van der Waals surface area contributed by atoms with E-state index in [1.165, 1.54) is 32.4 Å². The molecule has 0 atom stereocenters. The molecule has 4 aromatic rings. The van der Waals surface area contributed by atoms with Crippen molar-refractivity contribution in [2.45, 2.75) is 32.2 Å². The fourth-order valence-electron chi connectivity index (χ4n) is 4.66.